The molecule has 1 aliphatic rings. The SMILES string of the molecule is O=CC1C(Br)=CC([N+](=O)[O-])=CN1c1ccccc1. The molecule has 2 rings (SSSR count). The minimum atomic E-state index is -0.573. The number of allylic oxidation sites excluding steroid dienone is 1. The van der Waals surface area contributed by atoms with Gasteiger partial charge in [0, 0.05) is 16.2 Å². The number of carbonyl (C=O) groups is 1. The summed E-state index contributed by atoms with van der Waals surface area (Å²) in [7, 11) is 0. The first-order valence-corrected chi connectivity index (χ1v) is 5.95. The molecule has 0 spiro atoms. The molecule has 6 heteroatoms. The summed E-state index contributed by atoms with van der Waals surface area (Å²) >= 11 is 3.20. The second-order valence-corrected chi connectivity index (χ2v) is 4.58. The number of aldehydes is 1. The van der Waals surface area contributed by atoms with Crippen LogP contribution in [-0.4, -0.2) is 17.3 Å². The van der Waals surface area contributed by atoms with Crippen molar-refractivity contribution >= 4 is 27.9 Å². The lowest BCUT2D eigenvalue weighted by Crippen LogP contribution is -2.35. The van der Waals surface area contributed by atoms with Crippen LogP contribution in [0.1, 0.15) is 0 Å². The quantitative estimate of drug-likeness (QED) is 0.489. The van der Waals surface area contributed by atoms with Crippen molar-refractivity contribution in [2.24, 2.45) is 0 Å². The van der Waals surface area contributed by atoms with E-state index in [1.807, 2.05) is 18.2 Å². The maximum atomic E-state index is 11.1. The van der Waals surface area contributed by atoms with E-state index < -0.39 is 11.0 Å². The monoisotopic (exact) mass is 308 g/mol. The normalized spacial score (nSPS) is 18.9. The number of carbonyl (C=O) groups excluding carboxylic acids is 1. The summed E-state index contributed by atoms with van der Waals surface area (Å²) in [6, 6.07) is 8.46. The van der Waals surface area contributed by atoms with Gasteiger partial charge < -0.3 is 9.69 Å². The lowest BCUT2D eigenvalue weighted by Gasteiger charge is -2.28. The highest BCUT2D eigenvalue weighted by atomic mass is 79.9. The van der Waals surface area contributed by atoms with Gasteiger partial charge in [0.2, 0.25) is 0 Å². The van der Waals surface area contributed by atoms with E-state index in [9.17, 15) is 14.9 Å². The van der Waals surface area contributed by atoms with Crippen molar-refractivity contribution in [2.45, 2.75) is 6.04 Å². The minimum Gasteiger partial charge on any atom is -0.327 e. The van der Waals surface area contributed by atoms with Crippen LogP contribution >= 0.6 is 15.9 Å². The van der Waals surface area contributed by atoms with E-state index in [0.29, 0.717) is 4.48 Å². The van der Waals surface area contributed by atoms with Gasteiger partial charge in [0.1, 0.15) is 12.3 Å². The zero-order valence-corrected chi connectivity index (χ0v) is 10.8. The van der Waals surface area contributed by atoms with Gasteiger partial charge in [0.15, 0.2) is 0 Å². The molecule has 0 N–H and O–H groups in total. The smallest absolute Gasteiger partial charge is 0.286 e. The number of rotatable bonds is 3. The second-order valence-electron chi connectivity index (χ2n) is 3.66. The van der Waals surface area contributed by atoms with Crippen LogP contribution in [0.15, 0.2) is 52.8 Å². The zero-order valence-electron chi connectivity index (χ0n) is 9.19. The molecule has 0 amide bonds. The predicted molar refractivity (Wildman–Crippen MR) is 70.9 cm³/mol. The summed E-state index contributed by atoms with van der Waals surface area (Å²) in [5.74, 6) is 0. The molecule has 5 nitrogen and oxygen atoms in total. The second kappa shape index (κ2) is 5.14. The van der Waals surface area contributed by atoms with Gasteiger partial charge in [-0.3, -0.25) is 10.1 Å². The Bertz CT molecular complexity index is 540. The van der Waals surface area contributed by atoms with Gasteiger partial charge in [-0.1, -0.05) is 34.1 Å². The number of hydrogen-bond acceptors (Lipinski definition) is 4. The molecule has 92 valence electrons. The Hall–Kier alpha value is -1.95. The van der Waals surface area contributed by atoms with Crippen LogP contribution in [0.3, 0.4) is 0 Å². The maximum Gasteiger partial charge on any atom is 0.286 e. The van der Waals surface area contributed by atoms with E-state index in [-0.39, 0.29) is 5.70 Å². The van der Waals surface area contributed by atoms with Crippen molar-refractivity contribution in [3.8, 4) is 0 Å². The molecular weight excluding hydrogens is 300 g/mol. The standard InChI is InChI=1S/C12H9BrN2O3/c13-11-6-10(15(17)18)7-14(12(11)8-16)9-4-2-1-3-5-9/h1-8,12H. The first kappa shape index (κ1) is 12.5. The third-order valence-electron chi connectivity index (χ3n) is 2.53. The van der Waals surface area contributed by atoms with Crippen LogP contribution in [0.4, 0.5) is 5.69 Å². The van der Waals surface area contributed by atoms with Gasteiger partial charge in [-0.15, -0.1) is 0 Å². The summed E-state index contributed by atoms with van der Waals surface area (Å²) in [4.78, 5) is 23.0. The van der Waals surface area contributed by atoms with Crippen molar-refractivity contribution in [1.82, 2.24) is 0 Å². The average molecular weight is 309 g/mol. The number of nitrogens with zero attached hydrogens (tertiary/aromatic N) is 2. The lowest BCUT2D eigenvalue weighted by molar-refractivity contribution is -0.419. The molecule has 0 saturated heterocycles. The summed E-state index contributed by atoms with van der Waals surface area (Å²) in [6.45, 7) is 0. The van der Waals surface area contributed by atoms with Crippen LogP contribution in [0.2, 0.25) is 0 Å². The first-order valence-electron chi connectivity index (χ1n) is 5.15. The van der Waals surface area contributed by atoms with Crippen molar-refractivity contribution < 1.29 is 9.72 Å². The molecule has 1 heterocycles. The molecule has 1 aliphatic heterocycles. The van der Waals surface area contributed by atoms with E-state index in [2.05, 4.69) is 15.9 Å². The lowest BCUT2D eigenvalue weighted by atomic mass is 10.1. The van der Waals surface area contributed by atoms with Crippen molar-refractivity contribution in [1.29, 1.82) is 0 Å². The summed E-state index contributed by atoms with van der Waals surface area (Å²) in [6.07, 6.45) is 3.44. The Balaban J connectivity index is 2.46. The number of para-hydroxylation sites is 1. The van der Waals surface area contributed by atoms with E-state index in [4.69, 9.17) is 0 Å². The summed E-state index contributed by atoms with van der Waals surface area (Å²) in [5.41, 5.74) is 0.655. The van der Waals surface area contributed by atoms with E-state index in [0.717, 1.165) is 12.0 Å². The maximum absolute atomic E-state index is 11.1. The highest BCUT2D eigenvalue weighted by molar-refractivity contribution is 9.11. The van der Waals surface area contributed by atoms with Gasteiger partial charge in [-0.2, -0.15) is 0 Å². The van der Waals surface area contributed by atoms with Crippen molar-refractivity contribution in [3.63, 3.8) is 0 Å². The Morgan fingerprint density at radius 1 is 1.33 bits per heavy atom. The highest BCUT2D eigenvalue weighted by Gasteiger charge is 2.28. The zero-order chi connectivity index (χ0) is 13.1. The summed E-state index contributed by atoms with van der Waals surface area (Å²) in [5, 5.41) is 10.8. The van der Waals surface area contributed by atoms with Gasteiger partial charge in [-0.05, 0) is 12.1 Å². The number of benzene rings is 1. The van der Waals surface area contributed by atoms with Crippen LogP contribution in [0.25, 0.3) is 0 Å². The molecule has 1 unspecified atom stereocenters. The largest absolute Gasteiger partial charge is 0.327 e. The highest BCUT2D eigenvalue weighted by Crippen LogP contribution is 2.28. The van der Waals surface area contributed by atoms with E-state index in [1.165, 1.54) is 12.3 Å². The van der Waals surface area contributed by atoms with Gasteiger partial charge >= 0.3 is 0 Å². The fourth-order valence-corrected chi connectivity index (χ4v) is 2.25. The number of halogens is 1. The van der Waals surface area contributed by atoms with E-state index in [1.54, 1.807) is 17.0 Å². The number of nitro groups is 1. The average Bonchev–Trinajstić information content (AvgIpc) is 2.38. The van der Waals surface area contributed by atoms with Gasteiger partial charge in [-0.25, -0.2) is 0 Å². The number of hydrogen-bond donors (Lipinski definition) is 0. The van der Waals surface area contributed by atoms with Gasteiger partial charge in [0.05, 0.1) is 11.1 Å². The Labute approximate surface area is 112 Å². The molecular formula is C12H9BrN2O3. The molecule has 0 saturated carbocycles. The molecule has 18 heavy (non-hydrogen) atoms. The topological polar surface area (TPSA) is 63.4 Å². The molecule has 0 fully saturated rings. The molecule has 0 bridgehead atoms. The Morgan fingerprint density at radius 2 is 2.00 bits per heavy atom. The third-order valence-corrected chi connectivity index (χ3v) is 3.23. The molecule has 1 aromatic carbocycles. The molecule has 0 radical (unpaired) electrons. The fraction of sp³-hybridized carbons (Fsp3) is 0.0833. The third kappa shape index (κ3) is 2.33. The molecule has 0 aliphatic carbocycles. The first-order chi connectivity index (χ1) is 8.63. The predicted octanol–water partition coefficient (Wildman–Crippen LogP) is 2.47. The van der Waals surface area contributed by atoms with Crippen LogP contribution in [0, 0.1) is 10.1 Å². The molecule has 1 atom stereocenters. The van der Waals surface area contributed by atoms with Crippen LogP contribution in [-0.2, 0) is 4.79 Å². The Kier molecular flexibility index (Phi) is 3.57. The van der Waals surface area contributed by atoms with Crippen molar-refractivity contribution in [3.05, 3.63) is 62.9 Å². The van der Waals surface area contributed by atoms with Crippen LogP contribution in [0.5, 0.6) is 0 Å². The molecule has 0 aromatic heterocycles. The Morgan fingerprint density at radius 3 is 2.56 bits per heavy atom. The summed E-state index contributed by atoms with van der Waals surface area (Å²) < 4.78 is 0.468. The molecule has 1 aromatic rings. The van der Waals surface area contributed by atoms with Gasteiger partial charge in [0.25, 0.3) is 5.70 Å². The number of anilines is 1. The van der Waals surface area contributed by atoms with Crippen molar-refractivity contribution in [2.75, 3.05) is 4.90 Å². The fourth-order valence-electron chi connectivity index (χ4n) is 1.69. The van der Waals surface area contributed by atoms with E-state index >= 15 is 0 Å². The minimum absolute atomic E-state index is 0.0659. The van der Waals surface area contributed by atoms with Crippen LogP contribution < -0.4 is 4.90 Å².